The molecule has 0 aromatic carbocycles. The minimum atomic E-state index is -0.560. The van der Waals surface area contributed by atoms with Gasteiger partial charge in [-0.3, -0.25) is 4.79 Å². The van der Waals surface area contributed by atoms with Crippen molar-refractivity contribution < 1.29 is 10.0 Å². The first kappa shape index (κ1) is 14.8. The molecule has 0 aromatic heterocycles. The Morgan fingerprint density at radius 3 is 2.39 bits per heavy atom. The Labute approximate surface area is 109 Å². The summed E-state index contributed by atoms with van der Waals surface area (Å²) in [6, 6.07) is 0.277. The minimum absolute atomic E-state index is 0.0250. The Hall–Kier alpha value is -1.26. The number of oxime groups is 1. The van der Waals surface area contributed by atoms with Crippen molar-refractivity contribution in [1.29, 1.82) is 0 Å². The van der Waals surface area contributed by atoms with Crippen LogP contribution in [0.3, 0.4) is 0 Å². The fraction of sp³-hybridized carbons (Fsp3) is 0.846. The Bertz CT molecular complexity index is 329. The van der Waals surface area contributed by atoms with Crippen LogP contribution in [0, 0.1) is 11.3 Å². The lowest BCUT2D eigenvalue weighted by molar-refractivity contribution is -0.134. The van der Waals surface area contributed by atoms with Gasteiger partial charge in [0.05, 0.1) is 5.92 Å². The summed E-state index contributed by atoms with van der Waals surface area (Å²) in [4.78, 5) is 13.9. The monoisotopic (exact) mass is 255 g/mol. The van der Waals surface area contributed by atoms with Crippen molar-refractivity contribution >= 4 is 11.7 Å². The second-order valence-corrected chi connectivity index (χ2v) is 6.09. The van der Waals surface area contributed by atoms with Gasteiger partial charge in [0.1, 0.15) is 0 Å². The quantitative estimate of drug-likeness (QED) is 0.349. The number of carbonyl (C=O) groups excluding carboxylic acids is 1. The van der Waals surface area contributed by atoms with Gasteiger partial charge < -0.3 is 15.8 Å². The Morgan fingerprint density at radius 2 is 1.94 bits per heavy atom. The van der Waals surface area contributed by atoms with Gasteiger partial charge >= 0.3 is 0 Å². The van der Waals surface area contributed by atoms with Crippen molar-refractivity contribution in [2.45, 2.75) is 52.5 Å². The Balaban J connectivity index is 2.60. The fourth-order valence-electron chi connectivity index (χ4n) is 2.47. The average molecular weight is 255 g/mol. The summed E-state index contributed by atoms with van der Waals surface area (Å²) in [7, 11) is 1.81. The van der Waals surface area contributed by atoms with Gasteiger partial charge in [0, 0.05) is 13.1 Å². The van der Waals surface area contributed by atoms with E-state index in [1.807, 2.05) is 7.05 Å². The summed E-state index contributed by atoms with van der Waals surface area (Å²) < 4.78 is 0. The van der Waals surface area contributed by atoms with Crippen molar-refractivity contribution in [2.75, 3.05) is 7.05 Å². The van der Waals surface area contributed by atoms with E-state index in [1.54, 1.807) is 11.8 Å². The van der Waals surface area contributed by atoms with Crippen LogP contribution in [0.1, 0.15) is 46.5 Å². The van der Waals surface area contributed by atoms with Crippen molar-refractivity contribution in [3.63, 3.8) is 0 Å². The lowest BCUT2D eigenvalue weighted by Gasteiger charge is -2.39. The number of amides is 1. The molecule has 1 amide bonds. The third kappa shape index (κ3) is 3.37. The molecule has 0 bridgehead atoms. The molecule has 0 radical (unpaired) electrons. The van der Waals surface area contributed by atoms with Gasteiger partial charge in [-0.2, -0.15) is 0 Å². The van der Waals surface area contributed by atoms with Gasteiger partial charge in [-0.05, 0) is 38.0 Å². The number of hydrogen-bond donors (Lipinski definition) is 2. The highest BCUT2D eigenvalue weighted by atomic mass is 16.4. The Kier molecular flexibility index (Phi) is 4.59. The molecule has 1 fully saturated rings. The van der Waals surface area contributed by atoms with Gasteiger partial charge in [-0.15, -0.1) is 0 Å². The van der Waals surface area contributed by atoms with Crippen LogP contribution < -0.4 is 5.73 Å². The maximum atomic E-state index is 12.2. The highest BCUT2D eigenvalue weighted by molar-refractivity contribution is 6.01. The number of hydrogen-bond acceptors (Lipinski definition) is 3. The van der Waals surface area contributed by atoms with E-state index in [-0.39, 0.29) is 17.8 Å². The summed E-state index contributed by atoms with van der Waals surface area (Å²) in [5.74, 6) is -0.659. The SMILES string of the molecule is CC(C(=O)N(C)C1CCC(C)(C)CC1)C(N)=NO. The predicted octanol–water partition coefficient (Wildman–Crippen LogP) is 1.80. The van der Waals surface area contributed by atoms with E-state index in [1.165, 1.54) is 0 Å². The van der Waals surface area contributed by atoms with Crippen LogP contribution >= 0.6 is 0 Å². The minimum Gasteiger partial charge on any atom is -0.409 e. The Morgan fingerprint density at radius 1 is 1.44 bits per heavy atom. The summed E-state index contributed by atoms with van der Waals surface area (Å²) in [6.45, 7) is 6.20. The maximum absolute atomic E-state index is 12.2. The molecule has 1 unspecified atom stereocenters. The van der Waals surface area contributed by atoms with Crippen LogP contribution in [-0.2, 0) is 4.79 Å². The molecule has 104 valence electrons. The lowest BCUT2D eigenvalue weighted by Crippen LogP contribution is -2.45. The highest BCUT2D eigenvalue weighted by Crippen LogP contribution is 2.36. The first-order chi connectivity index (χ1) is 8.28. The van der Waals surface area contributed by atoms with E-state index in [4.69, 9.17) is 10.9 Å². The molecule has 18 heavy (non-hydrogen) atoms. The van der Waals surface area contributed by atoms with Gasteiger partial charge in [0.25, 0.3) is 0 Å². The van der Waals surface area contributed by atoms with E-state index < -0.39 is 5.92 Å². The van der Waals surface area contributed by atoms with E-state index in [0.29, 0.717) is 5.41 Å². The maximum Gasteiger partial charge on any atom is 0.233 e. The molecule has 1 rings (SSSR count). The van der Waals surface area contributed by atoms with Gasteiger partial charge in [-0.1, -0.05) is 19.0 Å². The van der Waals surface area contributed by atoms with Crippen molar-refractivity contribution in [2.24, 2.45) is 22.2 Å². The average Bonchev–Trinajstić information content (AvgIpc) is 2.35. The molecule has 0 aliphatic heterocycles. The molecular formula is C13H25N3O2. The molecule has 0 heterocycles. The second-order valence-electron chi connectivity index (χ2n) is 6.09. The van der Waals surface area contributed by atoms with Crippen molar-refractivity contribution in [3.05, 3.63) is 0 Å². The molecule has 1 atom stereocenters. The number of nitrogens with zero attached hydrogens (tertiary/aromatic N) is 2. The van der Waals surface area contributed by atoms with E-state index in [0.717, 1.165) is 25.7 Å². The zero-order valence-corrected chi connectivity index (χ0v) is 11.8. The summed E-state index contributed by atoms with van der Waals surface area (Å²) >= 11 is 0. The number of carbonyl (C=O) groups is 1. The normalized spacial score (nSPS) is 22.6. The molecular weight excluding hydrogens is 230 g/mol. The first-order valence-electron chi connectivity index (χ1n) is 6.52. The molecule has 0 saturated heterocycles. The predicted molar refractivity (Wildman–Crippen MR) is 71.4 cm³/mol. The summed E-state index contributed by atoms with van der Waals surface area (Å²) in [6.07, 6.45) is 4.32. The molecule has 3 N–H and O–H groups in total. The molecule has 1 aliphatic carbocycles. The smallest absolute Gasteiger partial charge is 0.233 e. The lowest BCUT2D eigenvalue weighted by atomic mass is 9.75. The van der Waals surface area contributed by atoms with Crippen LogP contribution in [0.4, 0.5) is 0 Å². The molecule has 1 aliphatic rings. The van der Waals surface area contributed by atoms with E-state index in [2.05, 4.69) is 19.0 Å². The van der Waals surface area contributed by atoms with Crippen LogP contribution in [0.5, 0.6) is 0 Å². The van der Waals surface area contributed by atoms with Crippen LogP contribution in [-0.4, -0.2) is 34.9 Å². The third-order valence-corrected chi connectivity index (χ3v) is 4.13. The van der Waals surface area contributed by atoms with Crippen LogP contribution in [0.15, 0.2) is 5.16 Å². The van der Waals surface area contributed by atoms with E-state index >= 15 is 0 Å². The van der Waals surface area contributed by atoms with Gasteiger partial charge in [0.15, 0.2) is 5.84 Å². The van der Waals surface area contributed by atoms with Crippen molar-refractivity contribution in [1.82, 2.24) is 4.90 Å². The topological polar surface area (TPSA) is 78.9 Å². The number of amidine groups is 1. The van der Waals surface area contributed by atoms with Gasteiger partial charge in [-0.25, -0.2) is 0 Å². The standard InChI is InChI=1S/C13H25N3O2/c1-9(11(14)15-18)12(17)16(4)10-5-7-13(2,3)8-6-10/h9-10,18H,5-8H2,1-4H3,(H2,14,15). The zero-order valence-electron chi connectivity index (χ0n) is 11.8. The molecule has 5 nitrogen and oxygen atoms in total. The van der Waals surface area contributed by atoms with Crippen LogP contribution in [0.2, 0.25) is 0 Å². The third-order valence-electron chi connectivity index (χ3n) is 4.13. The summed E-state index contributed by atoms with van der Waals surface area (Å²) in [5.41, 5.74) is 5.87. The zero-order chi connectivity index (χ0) is 13.9. The molecule has 0 spiro atoms. The first-order valence-corrected chi connectivity index (χ1v) is 6.52. The largest absolute Gasteiger partial charge is 0.409 e. The fourth-order valence-corrected chi connectivity index (χ4v) is 2.47. The van der Waals surface area contributed by atoms with Crippen molar-refractivity contribution in [3.8, 4) is 0 Å². The molecule has 0 aromatic rings. The van der Waals surface area contributed by atoms with Crippen LogP contribution in [0.25, 0.3) is 0 Å². The molecule has 5 heteroatoms. The van der Waals surface area contributed by atoms with E-state index in [9.17, 15) is 4.79 Å². The summed E-state index contributed by atoms with van der Waals surface area (Å²) in [5, 5.41) is 11.5. The number of rotatable bonds is 3. The number of nitrogens with two attached hydrogens (primary N) is 1. The van der Waals surface area contributed by atoms with Gasteiger partial charge in [0.2, 0.25) is 5.91 Å². The highest BCUT2D eigenvalue weighted by Gasteiger charge is 2.32. The second kappa shape index (κ2) is 5.59. The molecule has 1 saturated carbocycles.